The van der Waals surface area contributed by atoms with Crippen LogP contribution in [0.25, 0.3) is 0 Å². The summed E-state index contributed by atoms with van der Waals surface area (Å²) in [6.07, 6.45) is 4.29. The molecule has 0 saturated heterocycles. The van der Waals surface area contributed by atoms with Crippen LogP contribution < -0.4 is 5.32 Å². The quantitative estimate of drug-likeness (QED) is 0.614. The second-order valence-electron chi connectivity index (χ2n) is 3.74. The molecule has 0 bridgehead atoms. The molecule has 0 saturated carbocycles. The summed E-state index contributed by atoms with van der Waals surface area (Å²) in [6, 6.07) is 4.61. The summed E-state index contributed by atoms with van der Waals surface area (Å²) >= 11 is 5.33. The van der Waals surface area contributed by atoms with Crippen LogP contribution in [0.15, 0.2) is 27.8 Å². The maximum atomic E-state index is 4.33. The molecule has 1 atom stereocenters. The molecule has 0 aliphatic rings. The molecule has 0 amide bonds. The molecule has 1 unspecified atom stereocenters. The third-order valence-corrected chi connectivity index (χ3v) is 4.29. The number of rotatable bonds is 7. The van der Waals surface area contributed by atoms with E-state index in [1.54, 1.807) is 0 Å². The van der Waals surface area contributed by atoms with Crippen LogP contribution >= 0.6 is 27.7 Å². The normalized spacial score (nSPS) is 12.7. The molecule has 2 nitrogen and oxygen atoms in total. The Morgan fingerprint density at radius 2 is 2.38 bits per heavy atom. The highest BCUT2D eigenvalue weighted by Gasteiger charge is 2.02. The van der Waals surface area contributed by atoms with Crippen molar-refractivity contribution in [2.24, 2.45) is 0 Å². The molecule has 0 aliphatic carbocycles. The van der Waals surface area contributed by atoms with Crippen molar-refractivity contribution in [1.82, 2.24) is 10.3 Å². The second-order valence-corrected chi connectivity index (χ2v) is 5.68. The lowest BCUT2D eigenvalue weighted by molar-refractivity contribution is 0.526. The SMILES string of the molecule is CCNC(C)CCCSc1ncccc1Br. The predicted molar refractivity (Wildman–Crippen MR) is 75.0 cm³/mol. The van der Waals surface area contributed by atoms with Crippen LogP contribution in [0, 0.1) is 0 Å². The monoisotopic (exact) mass is 302 g/mol. The number of thioether (sulfide) groups is 1. The topological polar surface area (TPSA) is 24.9 Å². The van der Waals surface area contributed by atoms with Crippen LogP contribution in [0.4, 0.5) is 0 Å². The second kappa shape index (κ2) is 8.09. The fraction of sp³-hybridized carbons (Fsp3) is 0.583. The van der Waals surface area contributed by atoms with Gasteiger partial charge < -0.3 is 5.32 Å². The van der Waals surface area contributed by atoms with Crippen LogP contribution in [0.5, 0.6) is 0 Å². The number of nitrogens with zero attached hydrogens (tertiary/aromatic N) is 1. The zero-order valence-electron chi connectivity index (χ0n) is 9.87. The Balaban J connectivity index is 2.19. The third kappa shape index (κ3) is 5.32. The van der Waals surface area contributed by atoms with E-state index < -0.39 is 0 Å². The average Bonchev–Trinajstić information content (AvgIpc) is 2.27. The molecule has 1 N–H and O–H groups in total. The minimum absolute atomic E-state index is 0.623. The van der Waals surface area contributed by atoms with E-state index in [9.17, 15) is 0 Å². The molecule has 0 spiro atoms. The molecule has 4 heteroatoms. The standard InChI is InChI=1S/C12H19BrN2S/c1-3-14-10(2)6-5-9-16-12-11(13)7-4-8-15-12/h4,7-8,10,14H,3,5-6,9H2,1-2H3. The fourth-order valence-corrected chi connectivity index (χ4v) is 2.93. The maximum absolute atomic E-state index is 4.33. The van der Waals surface area contributed by atoms with Gasteiger partial charge in [0, 0.05) is 16.7 Å². The van der Waals surface area contributed by atoms with Crippen molar-refractivity contribution in [2.75, 3.05) is 12.3 Å². The van der Waals surface area contributed by atoms with Crippen LogP contribution in [-0.4, -0.2) is 23.3 Å². The summed E-state index contributed by atoms with van der Waals surface area (Å²) < 4.78 is 1.10. The van der Waals surface area contributed by atoms with Gasteiger partial charge in [0.1, 0.15) is 5.03 Å². The van der Waals surface area contributed by atoms with Gasteiger partial charge in [-0.3, -0.25) is 0 Å². The Morgan fingerprint density at radius 3 is 3.06 bits per heavy atom. The number of pyridine rings is 1. The van der Waals surface area contributed by atoms with Gasteiger partial charge in [0.25, 0.3) is 0 Å². The van der Waals surface area contributed by atoms with Crippen LogP contribution in [0.2, 0.25) is 0 Å². The van der Waals surface area contributed by atoms with Crippen LogP contribution in [-0.2, 0) is 0 Å². The zero-order valence-corrected chi connectivity index (χ0v) is 12.3. The van der Waals surface area contributed by atoms with Gasteiger partial charge in [-0.1, -0.05) is 6.92 Å². The van der Waals surface area contributed by atoms with Gasteiger partial charge in [-0.05, 0) is 60.1 Å². The molecule has 1 aromatic heterocycles. The maximum Gasteiger partial charge on any atom is 0.110 e. The van der Waals surface area contributed by atoms with E-state index in [0.717, 1.165) is 21.8 Å². The van der Waals surface area contributed by atoms with Crippen molar-refractivity contribution >= 4 is 27.7 Å². The minimum atomic E-state index is 0.623. The zero-order chi connectivity index (χ0) is 11.8. The Bertz CT molecular complexity index is 307. The summed E-state index contributed by atoms with van der Waals surface area (Å²) in [5, 5.41) is 4.52. The lowest BCUT2D eigenvalue weighted by Gasteiger charge is -2.11. The lowest BCUT2D eigenvalue weighted by Crippen LogP contribution is -2.25. The first-order valence-electron chi connectivity index (χ1n) is 5.70. The van der Waals surface area contributed by atoms with Crippen molar-refractivity contribution in [3.63, 3.8) is 0 Å². The number of aromatic nitrogens is 1. The van der Waals surface area contributed by atoms with E-state index in [1.165, 1.54) is 12.8 Å². The summed E-state index contributed by atoms with van der Waals surface area (Å²) in [5.41, 5.74) is 0. The van der Waals surface area contributed by atoms with E-state index in [0.29, 0.717) is 6.04 Å². The van der Waals surface area contributed by atoms with E-state index in [2.05, 4.69) is 40.1 Å². The van der Waals surface area contributed by atoms with Crippen LogP contribution in [0.3, 0.4) is 0 Å². The Labute approximate surface area is 111 Å². The molecular formula is C12H19BrN2S. The highest BCUT2D eigenvalue weighted by atomic mass is 79.9. The molecule has 0 aromatic carbocycles. The Morgan fingerprint density at radius 1 is 1.56 bits per heavy atom. The first kappa shape index (κ1) is 14.0. The third-order valence-electron chi connectivity index (χ3n) is 2.30. The van der Waals surface area contributed by atoms with Gasteiger partial charge in [0.15, 0.2) is 0 Å². The largest absolute Gasteiger partial charge is 0.315 e. The van der Waals surface area contributed by atoms with Gasteiger partial charge in [0.2, 0.25) is 0 Å². The number of hydrogen-bond acceptors (Lipinski definition) is 3. The highest BCUT2D eigenvalue weighted by molar-refractivity contribution is 9.10. The molecular weight excluding hydrogens is 284 g/mol. The van der Waals surface area contributed by atoms with Gasteiger partial charge in [-0.25, -0.2) is 4.98 Å². The highest BCUT2D eigenvalue weighted by Crippen LogP contribution is 2.25. The molecule has 90 valence electrons. The molecule has 0 fully saturated rings. The summed E-state index contributed by atoms with van der Waals surface area (Å²) in [4.78, 5) is 4.33. The van der Waals surface area contributed by atoms with E-state index in [4.69, 9.17) is 0 Å². The number of hydrogen-bond donors (Lipinski definition) is 1. The first-order chi connectivity index (χ1) is 7.74. The number of nitrogens with one attached hydrogen (secondary N) is 1. The van der Waals surface area contributed by atoms with Gasteiger partial charge >= 0.3 is 0 Å². The van der Waals surface area contributed by atoms with Gasteiger partial charge in [-0.15, -0.1) is 11.8 Å². The van der Waals surface area contributed by atoms with Gasteiger partial charge in [0.05, 0.1) is 0 Å². The number of halogens is 1. The Kier molecular flexibility index (Phi) is 7.08. The molecule has 0 aliphatic heterocycles. The molecule has 1 rings (SSSR count). The van der Waals surface area contributed by atoms with Crippen LogP contribution in [0.1, 0.15) is 26.7 Å². The minimum Gasteiger partial charge on any atom is -0.315 e. The van der Waals surface area contributed by atoms with Crippen molar-refractivity contribution in [3.05, 3.63) is 22.8 Å². The fourth-order valence-electron chi connectivity index (χ4n) is 1.49. The van der Waals surface area contributed by atoms with E-state index in [1.807, 2.05) is 30.1 Å². The Hall–Kier alpha value is -0.0600. The molecule has 1 heterocycles. The molecule has 1 aromatic rings. The lowest BCUT2D eigenvalue weighted by atomic mass is 10.2. The summed E-state index contributed by atoms with van der Waals surface area (Å²) in [7, 11) is 0. The van der Waals surface area contributed by atoms with Crippen molar-refractivity contribution in [2.45, 2.75) is 37.8 Å². The van der Waals surface area contributed by atoms with Crippen molar-refractivity contribution < 1.29 is 0 Å². The molecule has 16 heavy (non-hydrogen) atoms. The molecule has 0 radical (unpaired) electrons. The van der Waals surface area contributed by atoms with Crippen molar-refractivity contribution in [3.8, 4) is 0 Å². The summed E-state index contributed by atoms with van der Waals surface area (Å²) in [5.74, 6) is 1.13. The van der Waals surface area contributed by atoms with Crippen molar-refractivity contribution in [1.29, 1.82) is 0 Å². The first-order valence-corrected chi connectivity index (χ1v) is 7.48. The summed E-state index contributed by atoms with van der Waals surface area (Å²) in [6.45, 7) is 5.45. The van der Waals surface area contributed by atoms with E-state index in [-0.39, 0.29) is 0 Å². The van der Waals surface area contributed by atoms with E-state index >= 15 is 0 Å². The average molecular weight is 303 g/mol. The predicted octanol–water partition coefficient (Wildman–Crippen LogP) is 3.71. The smallest absolute Gasteiger partial charge is 0.110 e. The van der Waals surface area contributed by atoms with Gasteiger partial charge in [-0.2, -0.15) is 0 Å².